The highest BCUT2D eigenvalue weighted by Gasteiger charge is 2.35. The molecule has 0 fully saturated rings. The molecule has 1 aromatic heterocycles. The fraction of sp³-hybridized carbons (Fsp3) is 0.474. The minimum atomic E-state index is -0.290. The molecule has 1 aromatic carbocycles. The van der Waals surface area contributed by atoms with Crippen molar-refractivity contribution in [3.05, 3.63) is 46.2 Å². The first-order valence-electron chi connectivity index (χ1n) is 8.43. The number of carbonyl (C=O) groups is 1. The van der Waals surface area contributed by atoms with Crippen LogP contribution in [0.3, 0.4) is 0 Å². The number of nitrogens with zero attached hydrogens (tertiary/aromatic N) is 2. The molecule has 1 atom stereocenters. The standard InChI is InChI=1S/C19H23FN2O2S/c1-12(19(2,3)4)22-9-8-15-16(17(22)23)25-18(21-15)24-11-13-6-5-7-14(20)10-13/h5-7,10,12H,8-9,11H2,1-4H3/t12-/m1/s1. The summed E-state index contributed by atoms with van der Waals surface area (Å²) in [6, 6.07) is 6.43. The Kier molecular flexibility index (Phi) is 4.82. The van der Waals surface area contributed by atoms with Crippen molar-refractivity contribution in [2.24, 2.45) is 5.41 Å². The highest BCUT2D eigenvalue weighted by Crippen LogP contribution is 2.34. The number of aromatic nitrogens is 1. The number of rotatable bonds is 4. The molecule has 3 rings (SSSR count). The van der Waals surface area contributed by atoms with E-state index in [1.54, 1.807) is 12.1 Å². The summed E-state index contributed by atoms with van der Waals surface area (Å²) < 4.78 is 18.9. The van der Waals surface area contributed by atoms with Crippen LogP contribution in [0.4, 0.5) is 4.39 Å². The Balaban J connectivity index is 1.73. The van der Waals surface area contributed by atoms with Crippen molar-refractivity contribution >= 4 is 17.2 Å². The molecule has 1 aliphatic rings. The van der Waals surface area contributed by atoms with Crippen molar-refractivity contribution in [2.75, 3.05) is 6.54 Å². The largest absolute Gasteiger partial charge is 0.465 e. The van der Waals surface area contributed by atoms with Gasteiger partial charge in [-0.25, -0.2) is 9.37 Å². The molecular weight excluding hydrogens is 339 g/mol. The number of halogens is 1. The lowest BCUT2D eigenvalue weighted by Gasteiger charge is -2.39. The molecule has 1 aliphatic heterocycles. The molecule has 0 aliphatic carbocycles. The third-order valence-electron chi connectivity index (χ3n) is 4.69. The minimum Gasteiger partial charge on any atom is -0.465 e. The van der Waals surface area contributed by atoms with Crippen LogP contribution in [0.5, 0.6) is 5.19 Å². The summed E-state index contributed by atoms with van der Waals surface area (Å²) in [5.41, 5.74) is 1.57. The second kappa shape index (κ2) is 6.75. The molecule has 0 N–H and O–H groups in total. The van der Waals surface area contributed by atoms with E-state index in [9.17, 15) is 9.18 Å². The van der Waals surface area contributed by atoms with E-state index in [0.717, 1.165) is 17.7 Å². The minimum absolute atomic E-state index is 0.0224. The van der Waals surface area contributed by atoms with Crippen molar-refractivity contribution in [1.29, 1.82) is 0 Å². The van der Waals surface area contributed by atoms with Gasteiger partial charge < -0.3 is 9.64 Å². The third kappa shape index (κ3) is 3.84. The molecule has 0 spiro atoms. The zero-order chi connectivity index (χ0) is 18.2. The number of hydrogen-bond donors (Lipinski definition) is 0. The average molecular weight is 362 g/mol. The highest BCUT2D eigenvalue weighted by molar-refractivity contribution is 7.15. The molecule has 0 saturated heterocycles. The van der Waals surface area contributed by atoms with Crippen LogP contribution < -0.4 is 4.74 Å². The molecule has 0 saturated carbocycles. The Labute approximate surface area is 151 Å². The maximum atomic E-state index is 13.2. The summed E-state index contributed by atoms with van der Waals surface area (Å²) in [4.78, 5) is 19.9. The molecule has 25 heavy (non-hydrogen) atoms. The van der Waals surface area contributed by atoms with Gasteiger partial charge in [0.2, 0.25) is 0 Å². The predicted molar refractivity (Wildman–Crippen MR) is 96.5 cm³/mol. The van der Waals surface area contributed by atoms with Crippen LogP contribution in [0, 0.1) is 11.2 Å². The van der Waals surface area contributed by atoms with Crippen LogP contribution in [0.1, 0.15) is 48.6 Å². The van der Waals surface area contributed by atoms with Crippen LogP contribution in [0.15, 0.2) is 24.3 Å². The Hall–Kier alpha value is -1.95. The molecule has 4 nitrogen and oxygen atoms in total. The SMILES string of the molecule is C[C@@H](N1CCc2nc(OCc3cccc(F)c3)sc2C1=O)C(C)(C)C. The number of carbonyl (C=O) groups excluding carboxylic acids is 1. The second-order valence-electron chi connectivity index (χ2n) is 7.46. The number of thiazole rings is 1. The molecule has 0 bridgehead atoms. The van der Waals surface area contributed by atoms with Gasteiger partial charge in [0.15, 0.2) is 0 Å². The van der Waals surface area contributed by atoms with Crippen LogP contribution in [-0.2, 0) is 13.0 Å². The van der Waals surface area contributed by atoms with E-state index in [1.165, 1.54) is 23.5 Å². The molecule has 2 aromatic rings. The van der Waals surface area contributed by atoms with Gasteiger partial charge >= 0.3 is 0 Å². The third-order valence-corrected chi connectivity index (χ3v) is 5.69. The van der Waals surface area contributed by atoms with Gasteiger partial charge in [-0.1, -0.05) is 44.2 Å². The predicted octanol–water partition coefficient (Wildman–Crippen LogP) is 4.29. The maximum Gasteiger partial charge on any atom is 0.274 e. The summed E-state index contributed by atoms with van der Waals surface area (Å²) in [6.07, 6.45) is 0.737. The van der Waals surface area contributed by atoms with E-state index in [0.29, 0.717) is 16.6 Å². The van der Waals surface area contributed by atoms with Crippen molar-refractivity contribution < 1.29 is 13.9 Å². The first-order chi connectivity index (χ1) is 11.8. The summed E-state index contributed by atoms with van der Waals surface area (Å²) >= 11 is 1.28. The molecule has 134 valence electrons. The lowest BCUT2D eigenvalue weighted by Crippen LogP contribution is -2.48. The highest BCUT2D eigenvalue weighted by atomic mass is 32.1. The van der Waals surface area contributed by atoms with Gasteiger partial charge in [0.1, 0.15) is 17.3 Å². The average Bonchev–Trinajstić information content (AvgIpc) is 2.96. The molecule has 0 radical (unpaired) electrons. The molecule has 2 heterocycles. The Morgan fingerprint density at radius 2 is 2.16 bits per heavy atom. The summed E-state index contributed by atoms with van der Waals surface area (Å²) in [6.45, 7) is 9.42. The number of ether oxygens (including phenoxy) is 1. The van der Waals surface area contributed by atoms with Crippen molar-refractivity contribution in [1.82, 2.24) is 9.88 Å². The number of hydrogen-bond acceptors (Lipinski definition) is 4. The van der Waals surface area contributed by atoms with Crippen LogP contribution in [0.2, 0.25) is 0 Å². The summed E-state index contributed by atoms with van der Waals surface area (Å²) in [5.74, 6) is -0.261. The molecule has 6 heteroatoms. The number of benzene rings is 1. The van der Waals surface area contributed by atoms with Gasteiger partial charge in [0, 0.05) is 19.0 Å². The number of fused-ring (bicyclic) bond motifs is 1. The van der Waals surface area contributed by atoms with Gasteiger partial charge in [0.25, 0.3) is 11.1 Å². The topological polar surface area (TPSA) is 42.4 Å². The van der Waals surface area contributed by atoms with E-state index in [-0.39, 0.29) is 29.8 Å². The van der Waals surface area contributed by atoms with Gasteiger partial charge in [-0.3, -0.25) is 4.79 Å². The second-order valence-corrected chi connectivity index (χ2v) is 8.43. The van der Waals surface area contributed by atoms with Crippen LogP contribution in [0.25, 0.3) is 0 Å². The normalized spacial score (nSPS) is 15.9. The molecule has 1 amide bonds. The Morgan fingerprint density at radius 1 is 1.40 bits per heavy atom. The van der Waals surface area contributed by atoms with Gasteiger partial charge in [-0.15, -0.1) is 0 Å². The quantitative estimate of drug-likeness (QED) is 0.815. The fourth-order valence-corrected chi connectivity index (χ4v) is 3.71. The van der Waals surface area contributed by atoms with Crippen molar-refractivity contribution in [2.45, 2.75) is 46.8 Å². The van der Waals surface area contributed by atoms with Gasteiger partial charge in [0.05, 0.1) is 5.69 Å². The first kappa shape index (κ1) is 17.9. The number of amides is 1. The van der Waals surface area contributed by atoms with E-state index < -0.39 is 0 Å². The van der Waals surface area contributed by atoms with Gasteiger partial charge in [-0.2, -0.15) is 0 Å². The Bertz CT molecular complexity index is 782. The zero-order valence-corrected chi connectivity index (χ0v) is 15.8. The van der Waals surface area contributed by atoms with E-state index >= 15 is 0 Å². The maximum absolute atomic E-state index is 13.2. The van der Waals surface area contributed by atoms with Gasteiger partial charge in [-0.05, 0) is 30.0 Å². The van der Waals surface area contributed by atoms with Crippen molar-refractivity contribution in [3.8, 4) is 5.19 Å². The smallest absolute Gasteiger partial charge is 0.274 e. The Morgan fingerprint density at radius 3 is 2.84 bits per heavy atom. The first-order valence-corrected chi connectivity index (χ1v) is 9.25. The van der Waals surface area contributed by atoms with E-state index in [2.05, 4.69) is 32.7 Å². The van der Waals surface area contributed by atoms with Crippen LogP contribution in [-0.4, -0.2) is 28.4 Å². The van der Waals surface area contributed by atoms with Crippen LogP contribution >= 0.6 is 11.3 Å². The fourth-order valence-electron chi connectivity index (χ4n) is 2.80. The molecular formula is C19H23FN2O2S. The zero-order valence-electron chi connectivity index (χ0n) is 15.0. The summed E-state index contributed by atoms with van der Waals surface area (Å²) in [7, 11) is 0. The lowest BCUT2D eigenvalue weighted by molar-refractivity contribution is 0.0537. The summed E-state index contributed by atoms with van der Waals surface area (Å²) in [5, 5.41) is 0.466. The lowest BCUT2D eigenvalue weighted by atomic mass is 9.86. The van der Waals surface area contributed by atoms with E-state index in [4.69, 9.17) is 4.74 Å². The monoisotopic (exact) mass is 362 g/mol. The molecule has 0 unspecified atom stereocenters. The van der Waals surface area contributed by atoms with E-state index in [1.807, 2.05) is 4.90 Å². The van der Waals surface area contributed by atoms with Crippen molar-refractivity contribution in [3.63, 3.8) is 0 Å².